The van der Waals surface area contributed by atoms with Crippen molar-refractivity contribution in [2.45, 2.75) is 50.3 Å². The van der Waals surface area contributed by atoms with Gasteiger partial charge in [0.15, 0.2) is 0 Å². The van der Waals surface area contributed by atoms with Crippen molar-refractivity contribution in [2.75, 3.05) is 19.7 Å². The second-order valence-corrected chi connectivity index (χ2v) is 7.53. The fourth-order valence-corrected chi connectivity index (χ4v) is 4.97. The molecule has 3 aliphatic rings. The van der Waals surface area contributed by atoms with Crippen LogP contribution in [0.15, 0.2) is 0 Å². The Morgan fingerprint density at radius 1 is 1.16 bits per heavy atom. The van der Waals surface area contributed by atoms with E-state index in [2.05, 4.69) is 4.72 Å². The van der Waals surface area contributed by atoms with E-state index < -0.39 is 10.2 Å². The van der Waals surface area contributed by atoms with Crippen molar-refractivity contribution in [2.24, 2.45) is 11.7 Å². The van der Waals surface area contributed by atoms with E-state index in [0.29, 0.717) is 19.0 Å². The summed E-state index contributed by atoms with van der Waals surface area (Å²) in [5, 5.41) is 0. The predicted octanol–water partition coefficient (Wildman–Crippen LogP) is -0.189. The number of hydrogen-bond acceptors (Lipinski definition) is 4. The van der Waals surface area contributed by atoms with Crippen molar-refractivity contribution in [1.29, 1.82) is 0 Å². The van der Waals surface area contributed by atoms with Gasteiger partial charge in [0.05, 0.1) is 12.1 Å². The third-order valence-electron chi connectivity index (χ3n) is 4.62. The molecule has 0 amide bonds. The van der Waals surface area contributed by atoms with E-state index in [1.54, 1.807) is 4.31 Å². The molecular formula is C12H23N3O3S. The van der Waals surface area contributed by atoms with Crippen LogP contribution in [0.3, 0.4) is 0 Å². The SMILES string of the molecule is NC1C2CCCOC2C1NS(=O)(=O)N1CCCCC1. The lowest BCUT2D eigenvalue weighted by Gasteiger charge is -2.52. The Labute approximate surface area is 114 Å². The number of piperidine rings is 1. The van der Waals surface area contributed by atoms with Crippen molar-refractivity contribution in [3.8, 4) is 0 Å². The Hall–Kier alpha value is -0.210. The lowest BCUT2D eigenvalue weighted by molar-refractivity contribution is -0.114. The predicted molar refractivity (Wildman–Crippen MR) is 71.7 cm³/mol. The summed E-state index contributed by atoms with van der Waals surface area (Å²) in [6.45, 7) is 1.95. The van der Waals surface area contributed by atoms with E-state index in [0.717, 1.165) is 38.7 Å². The Bertz CT molecular complexity index is 422. The lowest BCUT2D eigenvalue weighted by atomic mass is 9.69. The van der Waals surface area contributed by atoms with E-state index in [1.807, 2.05) is 0 Å². The van der Waals surface area contributed by atoms with Gasteiger partial charge in [0.25, 0.3) is 10.2 Å². The fraction of sp³-hybridized carbons (Fsp3) is 1.00. The summed E-state index contributed by atoms with van der Waals surface area (Å²) in [6, 6.07) is -0.359. The highest BCUT2D eigenvalue weighted by Crippen LogP contribution is 2.37. The summed E-state index contributed by atoms with van der Waals surface area (Å²) in [6.07, 6.45) is 5.06. The fourth-order valence-electron chi connectivity index (χ4n) is 3.45. The first-order chi connectivity index (χ1) is 9.09. The largest absolute Gasteiger partial charge is 0.376 e. The van der Waals surface area contributed by atoms with Crippen LogP contribution in [0.25, 0.3) is 0 Å². The summed E-state index contributed by atoms with van der Waals surface area (Å²) < 4.78 is 34.6. The quantitative estimate of drug-likeness (QED) is 0.754. The number of hydrogen-bond donors (Lipinski definition) is 2. The van der Waals surface area contributed by atoms with Gasteiger partial charge in [-0.05, 0) is 25.7 Å². The lowest BCUT2D eigenvalue weighted by Crippen LogP contribution is -2.72. The zero-order valence-corrected chi connectivity index (χ0v) is 11.9. The second-order valence-electron chi connectivity index (χ2n) is 5.83. The first-order valence-electron chi connectivity index (χ1n) is 7.24. The normalized spacial score (nSPS) is 40.5. The van der Waals surface area contributed by atoms with Gasteiger partial charge in [0.2, 0.25) is 0 Å². The van der Waals surface area contributed by atoms with Crippen LogP contribution >= 0.6 is 0 Å². The van der Waals surface area contributed by atoms with Crippen LogP contribution in [0.4, 0.5) is 0 Å². The summed E-state index contributed by atoms with van der Waals surface area (Å²) in [7, 11) is -3.40. The van der Waals surface area contributed by atoms with E-state index >= 15 is 0 Å². The molecule has 3 N–H and O–H groups in total. The molecular weight excluding hydrogens is 266 g/mol. The Kier molecular flexibility index (Phi) is 3.83. The zero-order chi connectivity index (χ0) is 13.5. The molecule has 2 aliphatic heterocycles. The molecule has 0 radical (unpaired) electrons. The minimum absolute atomic E-state index is 0.0247. The van der Waals surface area contributed by atoms with Crippen LogP contribution in [0.2, 0.25) is 0 Å². The van der Waals surface area contributed by atoms with Gasteiger partial charge in [-0.25, -0.2) is 0 Å². The molecule has 6 nitrogen and oxygen atoms in total. The summed E-state index contributed by atoms with van der Waals surface area (Å²) in [5.41, 5.74) is 6.09. The standard InChI is InChI=1S/C12H23N3O3S/c13-10-9-5-4-8-18-12(9)11(10)14-19(16,17)15-6-2-1-3-7-15/h9-12,14H,1-8,13H2. The number of nitrogens with two attached hydrogens (primary N) is 1. The molecule has 0 aromatic carbocycles. The summed E-state index contributed by atoms with van der Waals surface area (Å²) in [4.78, 5) is 0. The Morgan fingerprint density at radius 2 is 1.89 bits per heavy atom. The molecule has 3 rings (SSSR count). The molecule has 4 unspecified atom stereocenters. The molecule has 2 saturated heterocycles. The maximum atomic E-state index is 12.3. The third kappa shape index (κ3) is 2.54. The summed E-state index contributed by atoms with van der Waals surface area (Å²) >= 11 is 0. The zero-order valence-electron chi connectivity index (χ0n) is 11.1. The van der Waals surface area contributed by atoms with Crippen molar-refractivity contribution >= 4 is 10.2 Å². The van der Waals surface area contributed by atoms with Crippen LogP contribution in [-0.4, -0.2) is 50.6 Å². The molecule has 0 bridgehead atoms. The van der Waals surface area contributed by atoms with Crippen LogP contribution in [0, 0.1) is 5.92 Å². The Balaban J connectivity index is 1.64. The maximum Gasteiger partial charge on any atom is 0.279 e. The van der Waals surface area contributed by atoms with E-state index in [-0.39, 0.29) is 18.2 Å². The van der Waals surface area contributed by atoms with Crippen molar-refractivity contribution in [1.82, 2.24) is 9.03 Å². The topological polar surface area (TPSA) is 84.7 Å². The highest BCUT2D eigenvalue weighted by Gasteiger charge is 2.52. The number of fused-ring (bicyclic) bond motifs is 1. The molecule has 0 spiro atoms. The van der Waals surface area contributed by atoms with Crippen LogP contribution in [0.5, 0.6) is 0 Å². The molecule has 0 aromatic rings. The van der Waals surface area contributed by atoms with Crippen LogP contribution in [-0.2, 0) is 14.9 Å². The monoisotopic (exact) mass is 289 g/mol. The molecule has 0 aromatic heterocycles. The van der Waals surface area contributed by atoms with Gasteiger partial charge in [-0.15, -0.1) is 0 Å². The number of nitrogens with zero attached hydrogens (tertiary/aromatic N) is 1. The highest BCUT2D eigenvalue weighted by atomic mass is 32.2. The van der Waals surface area contributed by atoms with Gasteiger partial charge in [-0.3, -0.25) is 0 Å². The molecule has 1 aliphatic carbocycles. The number of ether oxygens (including phenoxy) is 1. The van der Waals surface area contributed by atoms with E-state index in [9.17, 15) is 8.42 Å². The van der Waals surface area contributed by atoms with E-state index in [1.165, 1.54) is 0 Å². The van der Waals surface area contributed by atoms with Crippen molar-refractivity contribution in [3.63, 3.8) is 0 Å². The molecule has 7 heteroatoms. The van der Waals surface area contributed by atoms with Gasteiger partial charge >= 0.3 is 0 Å². The van der Waals surface area contributed by atoms with Crippen LogP contribution < -0.4 is 10.5 Å². The minimum atomic E-state index is -3.40. The third-order valence-corrected chi connectivity index (χ3v) is 6.23. The van der Waals surface area contributed by atoms with Crippen LogP contribution in [0.1, 0.15) is 32.1 Å². The molecule has 4 atom stereocenters. The molecule has 2 heterocycles. The molecule has 19 heavy (non-hydrogen) atoms. The minimum Gasteiger partial charge on any atom is -0.376 e. The van der Waals surface area contributed by atoms with E-state index in [4.69, 9.17) is 10.5 Å². The molecule has 110 valence electrons. The van der Waals surface area contributed by atoms with Crippen molar-refractivity contribution < 1.29 is 13.2 Å². The molecule has 1 saturated carbocycles. The first kappa shape index (κ1) is 13.8. The Morgan fingerprint density at radius 3 is 2.63 bits per heavy atom. The first-order valence-corrected chi connectivity index (χ1v) is 8.68. The van der Waals surface area contributed by atoms with Gasteiger partial charge in [-0.1, -0.05) is 6.42 Å². The highest BCUT2D eigenvalue weighted by molar-refractivity contribution is 7.87. The van der Waals surface area contributed by atoms with Gasteiger partial charge in [0.1, 0.15) is 0 Å². The number of rotatable bonds is 3. The maximum absolute atomic E-state index is 12.3. The van der Waals surface area contributed by atoms with Gasteiger partial charge in [-0.2, -0.15) is 17.4 Å². The van der Waals surface area contributed by atoms with Crippen molar-refractivity contribution in [3.05, 3.63) is 0 Å². The average molecular weight is 289 g/mol. The van der Waals surface area contributed by atoms with Gasteiger partial charge in [0, 0.05) is 31.7 Å². The second kappa shape index (κ2) is 5.29. The smallest absolute Gasteiger partial charge is 0.279 e. The molecule has 3 fully saturated rings. The average Bonchev–Trinajstić information content (AvgIpc) is 2.45. The summed E-state index contributed by atoms with van der Waals surface area (Å²) in [5.74, 6) is 0.322. The van der Waals surface area contributed by atoms with Gasteiger partial charge < -0.3 is 10.5 Å². The number of nitrogens with one attached hydrogen (secondary N) is 1.